The molecule has 2 aromatic rings. The maximum absolute atomic E-state index is 12.3. The van der Waals surface area contributed by atoms with E-state index in [4.69, 9.17) is 4.74 Å². The summed E-state index contributed by atoms with van der Waals surface area (Å²) >= 11 is 1.31. The minimum Gasteiger partial charge on any atom is -0.378 e. The van der Waals surface area contributed by atoms with Crippen molar-refractivity contribution in [3.05, 3.63) is 39.8 Å². The van der Waals surface area contributed by atoms with Gasteiger partial charge in [-0.1, -0.05) is 6.07 Å². The molecule has 0 aliphatic rings. The van der Waals surface area contributed by atoms with Gasteiger partial charge in [0.25, 0.3) is 5.91 Å². The Morgan fingerprint density at radius 3 is 2.59 bits per heavy atom. The number of nitrogens with zero attached hydrogens (tertiary/aromatic N) is 1. The summed E-state index contributed by atoms with van der Waals surface area (Å²) in [7, 11) is 1.59. The molecule has 22 heavy (non-hydrogen) atoms. The van der Waals surface area contributed by atoms with Crippen LogP contribution in [0.3, 0.4) is 0 Å². The number of hydrogen-bond acceptors (Lipinski definition) is 5. The molecule has 0 spiro atoms. The first kappa shape index (κ1) is 16.1. The van der Waals surface area contributed by atoms with Crippen LogP contribution in [-0.2, 0) is 16.1 Å². The van der Waals surface area contributed by atoms with E-state index in [0.29, 0.717) is 28.6 Å². The van der Waals surface area contributed by atoms with Crippen LogP contribution in [0.1, 0.15) is 27.3 Å². The maximum Gasteiger partial charge on any atom is 0.267 e. The third-order valence-corrected chi connectivity index (χ3v) is 3.89. The van der Waals surface area contributed by atoms with Crippen LogP contribution in [0.2, 0.25) is 0 Å². The van der Waals surface area contributed by atoms with Crippen LogP contribution in [0, 0.1) is 6.92 Å². The molecule has 6 nitrogen and oxygen atoms in total. The van der Waals surface area contributed by atoms with Gasteiger partial charge in [-0.05, 0) is 25.1 Å². The molecule has 0 bridgehead atoms. The van der Waals surface area contributed by atoms with Gasteiger partial charge in [0.2, 0.25) is 5.91 Å². The normalized spacial score (nSPS) is 10.3. The molecule has 2 rings (SSSR count). The Morgan fingerprint density at radius 2 is 1.95 bits per heavy atom. The lowest BCUT2D eigenvalue weighted by atomic mass is 10.2. The van der Waals surface area contributed by atoms with E-state index in [-0.39, 0.29) is 11.8 Å². The first-order chi connectivity index (χ1) is 10.5. The van der Waals surface area contributed by atoms with E-state index in [1.54, 1.807) is 38.3 Å². The number of thiazole rings is 1. The van der Waals surface area contributed by atoms with Gasteiger partial charge in [-0.15, -0.1) is 11.3 Å². The van der Waals surface area contributed by atoms with E-state index in [1.165, 1.54) is 18.3 Å². The lowest BCUT2D eigenvalue weighted by molar-refractivity contribution is -0.114. The number of rotatable bonds is 5. The molecule has 0 atom stereocenters. The van der Waals surface area contributed by atoms with E-state index in [0.717, 1.165) is 5.01 Å². The molecule has 0 fully saturated rings. The van der Waals surface area contributed by atoms with Crippen molar-refractivity contribution in [3.63, 3.8) is 0 Å². The molecule has 2 N–H and O–H groups in total. The molecule has 0 aliphatic heterocycles. The largest absolute Gasteiger partial charge is 0.378 e. The van der Waals surface area contributed by atoms with E-state index >= 15 is 0 Å². The highest BCUT2D eigenvalue weighted by atomic mass is 32.1. The van der Waals surface area contributed by atoms with Crippen molar-refractivity contribution in [2.75, 3.05) is 17.7 Å². The highest BCUT2D eigenvalue weighted by Gasteiger charge is 2.15. The van der Waals surface area contributed by atoms with Crippen LogP contribution in [-0.4, -0.2) is 23.9 Å². The highest BCUT2D eigenvalue weighted by Crippen LogP contribution is 2.21. The van der Waals surface area contributed by atoms with Gasteiger partial charge in [-0.25, -0.2) is 4.98 Å². The second-order valence-electron chi connectivity index (χ2n) is 4.67. The molecule has 0 unspecified atom stereocenters. The summed E-state index contributed by atoms with van der Waals surface area (Å²) in [5, 5.41) is 6.24. The second kappa shape index (κ2) is 7.15. The fraction of sp³-hybridized carbons (Fsp3) is 0.267. The third-order valence-electron chi connectivity index (χ3n) is 2.76. The molecule has 0 saturated heterocycles. The van der Waals surface area contributed by atoms with Gasteiger partial charge in [-0.2, -0.15) is 0 Å². The molecule has 1 heterocycles. The third kappa shape index (κ3) is 4.12. The number of nitrogens with one attached hydrogen (secondary N) is 2. The first-order valence-corrected chi connectivity index (χ1v) is 7.45. The number of ether oxygens (including phenoxy) is 1. The van der Waals surface area contributed by atoms with Crippen LogP contribution >= 0.6 is 11.3 Å². The summed E-state index contributed by atoms with van der Waals surface area (Å²) in [6, 6.07) is 6.98. The van der Waals surface area contributed by atoms with Gasteiger partial charge in [-0.3, -0.25) is 9.59 Å². The predicted molar refractivity (Wildman–Crippen MR) is 86.3 cm³/mol. The van der Waals surface area contributed by atoms with Crippen LogP contribution in [0.5, 0.6) is 0 Å². The predicted octanol–water partition coefficient (Wildman–Crippen LogP) is 2.81. The average molecular weight is 319 g/mol. The standard InChI is InChI=1S/C15H17N3O3S/c1-9-14(22-13(16-9)8-21-3)15(20)18-12-6-4-5-11(7-12)17-10(2)19/h4-7H,8H2,1-3H3,(H,17,19)(H,18,20). The fourth-order valence-electron chi connectivity index (χ4n) is 1.91. The number of carbonyl (C=O) groups is 2. The first-order valence-electron chi connectivity index (χ1n) is 6.64. The molecule has 2 amide bonds. The van der Waals surface area contributed by atoms with Crippen molar-refractivity contribution >= 4 is 34.5 Å². The molecular weight excluding hydrogens is 302 g/mol. The number of benzene rings is 1. The topological polar surface area (TPSA) is 80.3 Å². The van der Waals surface area contributed by atoms with Crippen LogP contribution < -0.4 is 10.6 Å². The Kier molecular flexibility index (Phi) is 5.24. The van der Waals surface area contributed by atoms with Gasteiger partial charge in [0.05, 0.1) is 12.3 Å². The monoisotopic (exact) mass is 319 g/mol. The SMILES string of the molecule is COCc1nc(C)c(C(=O)Nc2cccc(NC(C)=O)c2)s1. The Labute approximate surface area is 132 Å². The van der Waals surface area contributed by atoms with Crippen molar-refractivity contribution < 1.29 is 14.3 Å². The molecule has 0 aliphatic carbocycles. The summed E-state index contributed by atoms with van der Waals surface area (Å²) in [5.74, 6) is -0.386. The zero-order valence-electron chi connectivity index (χ0n) is 12.6. The van der Waals surface area contributed by atoms with Crippen molar-refractivity contribution in [3.8, 4) is 0 Å². The van der Waals surface area contributed by atoms with E-state index in [1.807, 2.05) is 0 Å². The molecule has 1 aromatic carbocycles. The second-order valence-corrected chi connectivity index (χ2v) is 5.75. The van der Waals surface area contributed by atoms with Crippen LogP contribution in [0.25, 0.3) is 0 Å². The highest BCUT2D eigenvalue weighted by molar-refractivity contribution is 7.13. The Hall–Kier alpha value is -2.25. The number of aromatic nitrogens is 1. The number of amides is 2. The maximum atomic E-state index is 12.3. The number of carbonyl (C=O) groups excluding carboxylic acids is 2. The van der Waals surface area contributed by atoms with E-state index < -0.39 is 0 Å². The summed E-state index contributed by atoms with van der Waals surface area (Å²) in [6.07, 6.45) is 0. The van der Waals surface area contributed by atoms with Crippen molar-refractivity contribution in [2.45, 2.75) is 20.5 Å². The van der Waals surface area contributed by atoms with Crippen molar-refractivity contribution in [1.82, 2.24) is 4.98 Å². The fourth-order valence-corrected chi connectivity index (χ4v) is 2.85. The summed E-state index contributed by atoms with van der Waals surface area (Å²) in [5.41, 5.74) is 1.91. The van der Waals surface area contributed by atoms with Gasteiger partial charge < -0.3 is 15.4 Å². The van der Waals surface area contributed by atoms with Gasteiger partial charge >= 0.3 is 0 Å². The molecule has 1 aromatic heterocycles. The molecule has 0 saturated carbocycles. The van der Waals surface area contributed by atoms with Crippen LogP contribution in [0.4, 0.5) is 11.4 Å². The van der Waals surface area contributed by atoms with Crippen molar-refractivity contribution in [2.24, 2.45) is 0 Å². The van der Waals surface area contributed by atoms with Gasteiger partial charge in [0, 0.05) is 25.4 Å². The lowest BCUT2D eigenvalue weighted by Gasteiger charge is -2.07. The zero-order valence-corrected chi connectivity index (χ0v) is 13.4. The molecule has 7 heteroatoms. The minimum atomic E-state index is -0.225. The number of aryl methyl sites for hydroxylation is 1. The zero-order chi connectivity index (χ0) is 16.1. The molecule has 0 radical (unpaired) electrons. The summed E-state index contributed by atoms with van der Waals surface area (Å²) < 4.78 is 5.02. The average Bonchev–Trinajstić information content (AvgIpc) is 2.80. The summed E-state index contributed by atoms with van der Waals surface area (Å²) in [4.78, 5) is 28.2. The Bertz CT molecular complexity index is 697. The minimum absolute atomic E-state index is 0.161. The summed E-state index contributed by atoms with van der Waals surface area (Å²) in [6.45, 7) is 3.61. The number of methoxy groups -OCH3 is 1. The molecule has 116 valence electrons. The number of hydrogen-bond donors (Lipinski definition) is 2. The van der Waals surface area contributed by atoms with Gasteiger partial charge in [0.1, 0.15) is 9.88 Å². The Morgan fingerprint density at radius 1 is 1.27 bits per heavy atom. The van der Waals surface area contributed by atoms with Gasteiger partial charge in [0.15, 0.2) is 0 Å². The van der Waals surface area contributed by atoms with E-state index in [9.17, 15) is 9.59 Å². The quantitative estimate of drug-likeness (QED) is 0.888. The molecular formula is C15H17N3O3S. The van der Waals surface area contributed by atoms with E-state index in [2.05, 4.69) is 15.6 Å². The Balaban J connectivity index is 2.13. The van der Waals surface area contributed by atoms with Crippen molar-refractivity contribution in [1.29, 1.82) is 0 Å². The smallest absolute Gasteiger partial charge is 0.267 e. The number of anilines is 2. The van der Waals surface area contributed by atoms with Crippen LogP contribution in [0.15, 0.2) is 24.3 Å². The lowest BCUT2D eigenvalue weighted by Crippen LogP contribution is -2.12.